The number of anilines is 1. The van der Waals surface area contributed by atoms with Crippen LogP contribution >= 0.6 is 27.5 Å². The molecule has 0 atom stereocenters. The van der Waals surface area contributed by atoms with Crippen molar-refractivity contribution in [3.63, 3.8) is 0 Å². The van der Waals surface area contributed by atoms with Crippen molar-refractivity contribution in [1.82, 2.24) is 10.2 Å². The number of nitrogen functional groups attached to an aromatic ring is 1. The molecule has 0 saturated heterocycles. The fourth-order valence-corrected chi connectivity index (χ4v) is 2.07. The van der Waals surface area contributed by atoms with Crippen LogP contribution in [-0.4, -0.2) is 10.2 Å². The molecule has 90 valence electrons. The average Bonchev–Trinajstić information content (AvgIpc) is 2.71. The second-order valence-electron chi connectivity index (χ2n) is 3.15. The zero-order valence-electron chi connectivity index (χ0n) is 7.99. The molecule has 17 heavy (non-hydrogen) atoms. The summed E-state index contributed by atoms with van der Waals surface area (Å²) in [5, 5.41) is 5.30. The van der Waals surface area contributed by atoms with Crippen LogP contribution in [0, 0.1) is 17.5 Å². The molecule has 2 rings (SSSR count). The Morgan fingerprint density at radius 3 is 2.41 bits per heavy atom. The number of nitrogens with zero attached hydrogens (tertiary/aromatic N) is 1. The third kappa shape index (κ3) is 1.89. The second-order valence-corrected chi connectivity index (χ2v) is 4.32. The molecule has 0 spiro atoms. The van der Waals surface area contributed by atoms with Crippen molar-refractivity contribution >= 4 is 33.3 Å². The Kier molecular flexibility index (Phi) is 3.05. The fraction of sp³-hybridized carbons (Fsp3) is 0. The first-order chi connectivity index (χ1) is 7.93. The van der Waals surface area contributed by atoms with Crippen molar-refractivity contribution in [2.24, 2.45) is 0 Å². The Balaban J connectivity index is 2.78. The molecule has 2 aromatic rings. The Labute approximate surface area is 107 Å². The van der Waals surface area contributed by atoms with Gasteiger partial charge in [0.15, 0.2) is 17.5 Å². The van der Waals surface area contributed by atoms with Gasteiger partial charge in [-0.25, -0.2) is 13.2 Å². The summed E-state index contributed by atoms with van der Waals surface area (Å²) in [7, 11) is 0. The Bertz CT molecular complexity index is 570. The summed E-state index contributed by atoms with van der Waals surface area (Å²) in [5.74, 6) is -3.69. The molecular weight excluding hydrogens is 322 g/mol. The molecule has 1 heterocycles. The zero-order valence-corrected chi connectivity index (χ0v) is 10.3. The van der Waals surface area contributed by atoms with E-state index in [0.717, 1.165) is 0 Å². The number of rotatable bonds is 1. The molecule has 0 aliphatic heterocycles. The van der Waals surface area contributed by atoms with Crippen molar-refractivity contribution in [3.05, 3.63) is 33.0 Å². The molecular formula is C9H4BrClF3N3. The molecule has 0 aliphatic carbocycles. The monoisotopic (exact) mass is 325 g/mol. The molecule has 3 N–H and O–H groups in total. The van der Waals surface area contributed by atoms with E-state index in [9.17, 15) is 13.2 Å². The number of benzene rings is 1. The molecule has 0 bridgehead atoms. The minimum Gasteiger partial charge on any atom is -0.382 e. The van der Waals surface area contributed by atoms with Gasteiger partial charge >= 0.3 is 0 Å². The van der Waals surface area contributed by atoms with E-state index in [2.05, 4.69) is 26.1 Å². The van der Waals surface area contributed by atoms with Crippen LogP contribution in [0.3, 0.4) is 0 Å². The van der Waals surface area contributed by atoms with Gasteiger partial charge in [0.25, 0.3) is 0 Å². The normalized spacial score (nSPS) is 10.9. The van der Waals surface area contributed by atoms with Crippen LogP contribution in [0.4, 0.5) is 19.0 Å². The van der Waals surface area contributed by atoms with Crippen LogP contribution in [0.1, 0.15) is 0 Å². The predicted octanol–water partition coefficient (Wildman–Crippen LogP) is 3.49. The number of aromatic amines is 1. The van der Waals surface area contributed by atoms with E-state index >= 15 is 0 Å². The van der Waals surface area contributed by atoms with Crippen LogP contribution in [0.15, 0.2) is 10.5 Å². The zero-order chi connectivity index (χ0) is 12.7. The number of nitrogens with two attached hydrogens (primary N) is 1. The Morgan fingerprint density at radius 1 is 1.24 bits per heavy atom. The lowest BCUT2D eigenvalue weighted by atomic mass is 10.1. The lowest BCUT2D eigenvalue weighted by Gasteiger charge is -2.07. The highest BCUT2D eigenvalue weighted by atomic mass is 79.9. The first kappa shape index (κ1) is 12.3. The summed E-state index contributed by atoms with van der Waals surface area (Å²) in [5.41, 5.74) is 4.86. The third-order valence-electron chi connectivity index (χ3n) is 2.08. The highest BCUT2D eigenvalue weighted by Crippen LogP contribution is 2.37. The van der Waals surface area contributed by atoms with E-state index in [1.165, 1.54) is 6.07 Å². The van der Waals surface area contributed by atoms with Crippen LogP contribution in [0.25, 0.3) is 11.3 Å². The molecule has 0 amide bonds. The first-order valence-electron chi connectivity index (χ1n) is 4.26. The number of hydrogen-bond donors (Lipinski definition) is 2. The number of aromatic nitrogens is 2. The van der Waals surface area contributed by atoms with Crippen molar-refractivity contribution in [1.29, 1.82) is 0 Å². The maximum atomic E-state index is 13.7. The quantitative estimate of drug-likeness (QED) is 0.622. The molecule has 1 aromatic carbocycles. The van der Waals surface area contributed by atoms with Gasteiger partial charge in [-0.1, -0.05) is 11.6 Å². The Morgan fingerprint density at radius 2 is 1.88 bits per heavy atom. The molecule has 0 aliphatic rings. The van der Waals surface area contributed by atoms with Gasteiger partial charge in [-0.05, 0) is 15.9 Å². The highest BCUT2D eigenvalue weighted by molar-refractivity contribution is 9.10. The number of nitrogens with one attached hydrogen (secondary N) is 1. The fourth-order valence-electron chi connectivity index (χ4n) is 1.31. The van der Waals surface area contributed by atoms with E-state index in [-0.39, 0.29) is 11.5 Å². The summed E-state index contributed by atoms with van der Waals surface area (Å²) in [6, 6.07) is 1.22. The maximum absolute atomic E-state index is 13.7. The smallest absolute Gasteiger partial charge is 0.176 e. The summed E-state index contributed by atoms with van der Waals surface area (Å²) in [4.78, 5) is 0. The number of hydrogen-bond acceptors (Lipinski definition) is 2. The highest BCUT2D eigenvalue weighted by Gasteiger charge is 2.24. The van der Waals surface area contributed by atoms with Crippen LogP contribution in [-0.2, 0) is 0 Å². The molecule has 1 aromatic heterocycles. The van der Waals surface area contributed by atoms with Crippen LogP contribution in [0.2, 0.25) is 5.02 Å². The topological polar surface area (TPSA) is 54.7 Å². The van der Waals surface area contributed by atoms with Gasteiger partial charge in [-0.2, -0.15) is 5.10 Å². The molecule has 0 unspecified atom stereocenters. The van der Waals surface area contributed by atoms with E-state index in [1.54, 1.807) is 0 Å². The SMILES string of the molecule is Nc1cc(-c2c(F)c(F)c(Br)c(F)c2Cl)[nH]n1. The molecule has 0 radical (unpaired) electrons. The van der Waals surface area contributed by atoms with Crippen LogP contribution in [0.5, 0.6) is 0 Å². The van der Waals surface area contributed by atoms with Gasteiger partial charge in [0, 0.05) is 6.07 Å². The molecule has 3 nitrogen and oxygen atoms in total. The van der Waals surface area contributed by atoms with E-state index in [4.69, 9.17) is 17.3 Å². The van der Waals surface area contributed by atoms with Crippen molar-refractivity contribution in [2.75, 3.05) is 5.73 Å². The van der Waals surface area contributed by atoms with Gasteiger partial charge in [0.2, 0.25) is 0 Å². The standard InChI is InChI=1S/C9H4BrClF3N3/c10-5-8(13)6(11)4(7(12)9(5)14)2-1-3(15)17-16-2/h1H,(H3,15,16,17). The number of halogens is 5. The summed E-state index contributed by atoms with van der Waals surface area (Å²) in [6.45, 7) is 0. The molecule has 0 fully saturated rings. The minimum atomic E-state index is -1.37. The van der Waals surface area contributed by atoms with Gasteiger partial charge in [0.1, 0.15) is 5.82 Å². The Hall–Kier alpha value is -1.21. The number of H-pyrrole nitrogens is 1. The van der Waals surface area contributed by atoms with Gasteiger partial charge in [0.05, 0.1) is 20.8 Å². The largest absolute Gasteiger partial charge is 0.382 e. The lowest BCUT2D eigenvalue weighted by molar-refractivity contribution is 0.490. The van der Waals surface area contributed by atoms with Crippen LogP contribution < -0.4 is 5.73 Å². The van der Waals surface area contributed by atoms with E-state index < -0.39 is 32.5 Å². The minimum absolute atomic E-state index is 0.00435. The second kappa shape index (κ2) is 4.23. The molecule has 8 heteroatoms. The molecule has 0 saturated carbocycles. The summed E-state index contributed by atoms with van der Waals surface area (Å²) in [6.07, 6.45) is 0. The van der Waals surface area contributed by atoms with Crippen molar-refractivity contribution in [2.45, 2.75) is 0 Å². The van der Waals surface area contributed by atoms with Gasteiger partial charge in [-0.3, -0.25) is 5.10 Å². The summed E-state index contributed by atoms with van der Waals surface area (Å²) >= 11 is 8.19. The predicted molar refractivity (Wildman–Crippen MR) is 61.0 cm³/mol. The van der Waals surface area contributed by atoms with E-state index in [1.807, 2.05) is 0 Å². The van der Waals surface area contributed by atoms with Gasteiger partial charge < -0.3 is 5.73 Å². The third-order valence-corrected chi connectivity index (χ3v) is 3.13. The average molecular weight is 327 g/mol. The van der Waals surface area contributed by atoms with Crippen molar-refractivity contribution in [3.8, 4) is 11.3 Å². The van der Waals surface area contributed by atoms with Gasteiger partial charge in [-0.15, -0.1) is 0 Å². The maximum Gasteiger partial charge on any atom is 0.176 e. The lowest BCUT2D eigenvalue weighted by Crippen LogP contribution is -1.97. The first-order valence-corrected chi connectivity index (χ1v) is 5.43. The van der Waals surface area contributed by atoms with Crippen molar-refractivity contribution < 1.29 is 13.2 Å². The summed E-state index contributed by atoms with van der Waals surface area (Å²) < 4.78 is 39.8. The van der Waals surface area contributed by atoms with E-state index in [0.29, 0.717) is 0 Å².